The number of amides is 1. The number of carbonyl (C=O) groups excluding carboxylic acids is 1. The zero-order valence-electron chi connectivity index (χ0n) is 26.0. The van der Waals surface area contributed by atoms with Crippen LogP contribution in [0.15, 0.2) is 0 Å². The van der Waals surface area contributed by atoms with Gasteiger partial charge in [0.1, 0.15) is 0 Å². The van der Waals surface area contributed by atoms with E-state index in [9.17, 15) is 15.0 Å². The average Bonchev–Trinajstić information content (AvgIpc) is 2.92. The van der Waals surface area contributed by atoms with E-state index in [0.29, 0.717) is 12.8 Å². The molecule has 0 radical (unpaired) electrons. The molecule has 0 aromatic rings. The Bertz CT molecular complexity index is 471. The second-order valence-corrected chi connectivity index (χ2v) is 11.9. The van der Waals surface area contributed by atoms with E-state index >= 15 is 0 Å². The van der Waals surface area contributed by atoms with Crippen LogP contribution in [0.2, 0.25) is 0 Å². The van der Waals surface area contributed by atoms with E-state index < -0.39 is 12.1 Å². The maximum Gasteiger partial charge on any atom is 0.220 e. The Kier molecular flexibility index (Phi) is 30.4. The van der Waals surface area contributed by atoms with Gasteiger partial charge in [-0.3, -0.25) is 4.79 Å². The zero-order valence-corrected chi connectivity index (χ0v) is 26.0. The fourth-order valence-corrected chi connectivity index (χ4v) is 5.42. The lowest BCUT2D eigenvalue weighted by Crippen LogP contribution is -2.45. The van der Waals surface area contributed by atoms with Gasteiger partial charge in [0.2, 0.25) is 5.91 Å². The van der Waals surface area contributed by atoms with Crippen LogP contribution < -0.4 is 5.32 Å². The van der Waals surface area contributed by atoms with Gasteiger partial charge in [-0.05, 0) is 12.8 Å². The Morgan fingerprint density at radius 3 is 1.18 bits per heavy atom. The Hall–Kier alpha value is -0.610. The van der Waals surface area contributed by atoms with Crippen LogP contribution in [-0.2, 0) is 4.79 Å². The molecule has 0 rings (SSSR count). The van der Waals surface area contributed by atoms with E-state index in [0.717, 1.165) is 25.7 Å². The van der Waals surface area contributed by atoms with Crippen molar-refractivity contribution in [3.8, 4) is 0 Å². The first-order valence-electron chi connectivity index (χ1n) is 17.2. The van der Waals surface area contributed by atoms with Gasteiger partial charge in [-0.25, -0.2) is 0 Å². The van der Waals surface area contributed by atoms with Crippen LogP contribution in [0.3, 0.4) is 0 Å². The second-order valence-electron chi connectivity index (χ2n) is 11.9. The van der Waals surface area contributed by atoms with Gasteiger partial charge in [-0.1, -0.05) is 174 Å². The van der Waals surface area contributed by atoms with Crippen molar-refractivity contribution in [2.45, 2.75) is 206 Å². The molecule has 0 aliphatic carbocycles. The Morgan fingerprint density at radius 1 is 0.526 bits per heavy atom. The van der Waals surface area contributed by atoms with E-state index in [4.69, 9.17) is 0 Å². The highest BCUT2D eigenvalue weighted by Crippen LogP contribution is 2.15. The summed E-state index contributed by atoms with van der Waals surface area (Å²) in [6.45, 7) is 4.35. The summed E-state index contributed by atoms with van der Waals surface area (Å²) in [5.74, 6) is -0.0308. The molecule has 1 amide bonds. The quantitative estimate of drug-likeness (QED) is 0.0768. The van der Waals surface area contributed by atoms with E-state index in [-0.39, 0.29) is 12.5 Å². The lowest BCUT2D eigenvalue weighted by atomic mass is 10.0. The number of rotatable bonds is 31. The van der Waals surface area contributed by atoms with Crippen LogP contribution in [-0.4, -0.2) is 34.9 Å². The molecule has 0 spiro atoms. The molecule has 228 valence electrons. The third-order valence-electron chi connectivity index (χ3n) is 8.12. The monoisotopic (exact) mass is 540 g/mol. The lowest BCUT2D eigenvalue weighted by Gasteiger charge is -2.22. The highest BCUT2D eigenvalue weighted by Gasteiger charge is 2.19. The summed E-state index contributed by atoms with van der Waals surface area (Å²) in [5.41, 5.74) is 0. The topological polar surface area (TPSA) is 69.6 Å². The Balaban J connectivity index is 3.54. The van der Waals surface area contributed by atoms with Gasteiger partial charge in [0.15, 0.2) is 0 Å². The van der Waals surface area contributed by atoms with Crippen molar-refractivity contribution >= 4 is 5.91 Å². The van der Waals surface area contributed by atoms with Crippen LogP contribution in [0.4, 0.5) is 0 Å². The SMILES string of the molecule is CCCCCCCCCCCCCCCCC(=O)NC(CO)C(O)CCCCCCCCCCCCCC. The standard InChI is InChI=1S/C34H69NO3/c1-3-5-7-9-11-13-15-17-18-20-22-24-26-28-30-34(38)35-32(31-36)33(37)29-27-25-23-21-19-16-14-12-10-8-6-4-2/h32-33,36-37H,3-31H2,1-2H3,(H,35,38). The first kappa shape index (κ1) is 37.4. The number of unbranched alkanes of at least 4 members (excludes halogenated alkanes) is 24. The average molecular weight is 540 g/mol. The van der Waals surface area contributed by atoms with Gasteiger partial charge < -0.3 is 15.5 Å². The van der Waals surface area contributed by atoms with Gasteiger partial charge in [0.05, 0.1) is 18.8 Å². The normalized spacial score (nSPS) is 13.1. The molecule has 2 atom stereocenters. The molecule has 0 aliphatic rings. The number of hydrogen-bond acceptors (Lipinski definition) is 3. The lowest BCUT2D eigenvalue weighted by molar-refractivity contribution is -0.123. The van der Waals surface area contributed by atoms with E-state index in [1.54, 1.807) is 0 Å². The maximum atomic E-state index is 12.3. The molecule has 38 heavy (non-hydrogen) atoms. The second kappa shape index (κ2) is 30.9. The van der Waals surface area contributed by atoms with Crippen molar-refractivity contribution in [3.05, 3.63) is 0 Å². The minimum Gasteiger partial charge on any atom is -0.394 e. The first-order chi connectivity index (χ1) is 18.7. The summed E-state index contributed by atoms with van der Waals surface area (Å²) in [4.78, 5) is 12.3. The van der Waals surface area contributed by atoms with Crippen LogP contribution in [0.25, 0.3) is 0 Å². The summed E-state index contributed by atoms with van der Waals surface area (Å²) >= 11 is 0. The number of hydrogen-bond donors (Lipinski definition) is 3. The molecule has 3 N–H and O–H groups in total. The van der Waals surface area contributed by atoms with E-state index in [1.807, 2.05) is 0 Å². The molecule has 0 aromatic heterocycles. The third kappa shape index (κ3) is 27.0. The van der Waals surface area contributed by atoms with E-state index in [1.165, 1.54) is 141 Å². The van der Waals surface area contributed by atoms with Crippen LogP contribution in [0.1, 0.15) is 194 Å². The largest absolute Gasteiger partial charge is 0.394 e. The van der Waals surface area contributed by atoms with Crippen molar-refractivity contribution in [2.75, 3.05) is 6.61 Å². The summed E-state index contributed by atoms with van der Waals surface area (Å²) in [7, 11) is 0. The summed E-state index contributed by atoms with van der Waals surface area (Å²) in [5, 5.41) is 23.0. The minimum atomic E-state index is -0.650. The smallest absolute Gasteiger partial charge is 0.220 e. The highest BCUT2D eigenvalue weighted by molar-refractivity contribution is 5.76. The molecular formula is C34H69NO3. The maximum absolute atomic E-state index is 12.3. The van der Waals surface area contributed by atoms with Gasteiger partial charge in [-0.15, -0.1) is 0 Å². The molecule has 0 aliphatic heterocycles. The highest BCUT2D eigenvalue weighted by atomic mass is 16.3. The fraction of sp³-hybridized carbons (Fsp3) is 0.971. The molecule has 0 aromatic carbocycles. The van der Waals surface area contributed by atoms with Gasteiger partial charge in [0.25, 0.3) is 0 Å². The number of carbonyl (C=O) groups is 1. The molecule has 0 fully saturated rings. The van der Waals surface area contributed by atoms with Gasteiger partial charge >= 0.3 is 0 Å². The van der Waals surface area contributed by atoms with Crippen molar-refractivity contribution < 1.29 is 15.0 Å². The predicted octanol–water partition coefficient (Wildman–Crippen LogP) is 9.79. The Labute approximate surface area is 238 Å². The molecule has 4 heteroatoms. The number of nitrogens with one attached hydrogen (secondary N) is 1. The molecule has 0 heterocycles. The summed E-state index contributed by atoms with van der Waals surface area (Å²) in [6, 6.07) is -0.526. The van der Waals surface area contributed by atoms with Gasteiger partial charge in [-0.2, -0.15) is 0 Å². The third-order valence-corrected chi connectivity index (χ3v) is 8.12. The van der Waals surface area contributed by atoms with Crippen molar-refractivity contribution in [3.63, 3.8) is 0 Å². The molecule has 0 saturated heterocycles. The molecule has 0 saturated carbocycles. The van der Waals surface area contributed by atoms with Gasteiger partial charge in [0, 0.05) is 6.42 Å². The van der Waals surface area contributed by atoms with Crippen LogP contribution >= 0.6 is 0 Å². The summed E-state index contributed by atoms with van der Waals surface area (Å²) < 4.78 is 0. The minimum absolute atomic E-state index is 0.0308. The number of aliphatic hydroxyl groups excluding tert-OH is 2. The molecular weight excluding hydrogens is 470 g/mol. The van der Waals surface area contributed by atoms with Crippen LogP contribution in [0.5, 0.6) is 0 Å². The molecule has 0 bridgehead atoms. The van der Waals surface area contributed by atoms with Crippen molar-refractivity contribution in [1.82, 2.24) is 5.32 Å². The van der Waals surface area contributed by atoms with Crippen LogP contribution in [0, 0.1) is 0 Å². The molecule has 4 nitrogen and oxygen atoms in total. The Morgan fingerprint density at radius 2 is 0.842 bits per heavy atom. The predicted molar refractivity (Wildman–Crippen MR) is 166 cm³/mol. The first-order valence-corrected chi connectivity index (χ1v) is 17.2. The molecule has 2 unspecified atom stereocenters. The van der Waals surface area contributed by atoms with Crippen molar-refractivity contribution in [1.29, 1.82) is 0 Å². The zero-order chi connectivity index (χ0) is 27.9. The number of aliphatic hydroxyl groups is 2. The fourth-order valence-electron chi connectivity index (χ4n) is 5.42. The van der Waals surface area contributed by atoms with E-state index in [2.05, 4.69) is 19.2 Å². The van der Waals surface area contributed by atoms with Crippen molar-refractivity contribution in [2.24, 2.45) is 0 Å². The summed E-state index contributed by atoms with van der Waals surface area (Å²) in [6.07, 6.45) is 34.3.